The molecule has 0 aliphatic carbocycles. The molecule has 0 bridgehead atoms. The first-order valence-corrected chi connectivity index (χ1v) is 9.33. The molecule has 0 radical (unpaired) electrons. The monoisotopic (exact) mass is 320 g/mol. The van der Waals surface area contributed by atoms with Crippen LogP contribution in [-0.4, -0.2) is 0 Å². The Kier molecular flexibility index (Phi) is 7.31. The van der Waals surface area contributed by atoms with Crippen LogP contribution in [0.15, 0.2) is 54.6 Å². The van der Waals surface area contributed by atoms with Crippen LogP contribution in [0.25, 0.3) is 0 Å². The molecular weight excluding hydrogens is 288 g/mol. The number of rotatable bonds is 9. The number of unbranched alkanes of at least 4 members (excludes halogenated alkanes) is 1. The van der Waals surface area contributed by atoms with Gasteiger partial charge in [0, 0.05) is 0 Å². The van der Waals surface area contributed by atoms with Crippen LogP contribution < -0.4 is 0 Å². The average Bonchev–Trinajstić information content (AvgIpc) is 2.55. The fourth-order valence-corrected chi connectivity index (χ4v) is 3.24. The Morgan fingerprint density at radius 1 is 0.792 bits per heavy atom. The fraction of sp³-hybridized carbons (Fsp3) is 0.417. The third-order valence-electron chi connectivity index (χ3n) is 4.75. The lowest BCUT2D eigenvalue weighted by atomic mass is 9.98. The molecule has 0 amide bonds. The van der Waals surface area contributed by atoms with Gasteiger partial charge in [-0.3, -0.25) is 0 Å². The summed E-state index contributed by atoms with van der Waals surface area (Å²) in [6.07, 6.45) is 8.44. The number of hydrogen-bond donors (Lipinski definition) is 0. The van der Waals surface area contributed by atoms with Gasteiger partial charge in [0.15, 0.2) is 0 Å². The van der Waals surface area contributed by atoms with Gasteiger partial charge >= 0.3 is 0 Å². The highest BCUT2D eigenvalue weighted by Gasteiger charge is 2.00. The summed E-state index contributed by atoms with van der Waals surface area (Å²) in [6, 6.07) is 16.1. The van der Waals surface area contributed by atoms with Crippen molar-refractivity contribution in [3.05, 3.63) is 82.4 Å². The Hall–Kier alpha value is -1.82. The molecule has 0 unspecified atom stereocenters. The lowest BCUT2D eigenvalue weighted by Gasteiger charge is -2.08. The molecule has 2 aromatic rings. The topological polar surface area (TPSA) is 0 Å². The molecule has 0 N–H and O–H groups in total. The van der Waals surface area contributed by atoms with Gasteiger partial charge in [0.2, 0.25) is 0 Å². The summed E-state index contributed by atoms with van der Waals surface area (Å²) in [6.45, 7) is 10.5. The second-order valence-corrected chi connectivity index (χ2v) is 7.26. The zero-order chi connectivity index (χ0) is 17.4. The Labute approximate surface area is 148 Å². The van der Waals surface area contributed by atoms with E-state index >= 15 is 0 Å². The van der Waals surface area contributed by atoms with Gasteiger partial charge < -0.3 is 0 Å². The van der Waals surface area contributed by atoms with Crippen LogP contribution in [0.2, 0.25) is 0 Å². The van der Waals surface area contributed by atoms with Crippen molar-refractivity contribution in [2.75, 3.05) is 0 Å². The zero-order valence-electron chi connectivity index (χ0n) is 15.7. The first-order valence-electron chi connectivity index (χ1n) is 9.33. The quantitative estimate of drug-likeness (QED) is 0.353. The maximum atomic E-state index is 3.97. The van der Waals surface area contributed by atoms with E-state index in [0.717, 1.165) is 6.42 Å². The molecule has 0 atom stereocenters. The van der Waals surface area contributed by atoms with Crippen LogP contribution in [0.5, 0.6) is 0 Å². The minimum Gasteiger partial charge on any atom is -0.100 e. The maximum Gasteiger partial charge on any atom is -0.0273 e. The van der Waals surface area contributed by atoms with Crippen molar-refractivity contribution >= 4 is 0 Å². The first-order chi connectivity index (χ1) is 11.5. The largest absolute Gasteiger partial charge is 0.100 e. The summed E-state index contributed by atoms with van der Waals surface area (Å²) >= 11 is 0. The molecule has 0 spiro atoms. The van der Waals surface area contributed by atoms with E-state index in [1.54, 1.807) is 0 Å². The van der Waals surface area contributed by atoms with Crippen molar-refractivity contribution < 1.29 is 0 Å². The van der Waals surface area contributed by atoms with Gasteiger partial charge in [-0.15, -0.1) is 6.58 Å². The number of allylic oxidation sites excluding steroid dienone is 1. The van der Waals surface area contributed by atoms with Gasteiger partial charge in [-0.1, -0.05) is 53.6 Å². The summed E-state index contributed by atoms with van der Waals surface area (Å²) < 4.78 is 0. The number of hydrogen-bond acceptors (Lipinski definition) is 0. The van der Waals surface area contributed by atoms with Crippen LogP contribution in [0, 0.1) is 13.8 Å². The van der Waals surface area contributed by atoms with Gasteiger partial charge in [-0.25, -0.2) is 0 Å². The Morgan fingerprint density at radius 3 is 2.00 bits per heavy atom. The Balaban J connectivity index is 1.74. The highest BCUT2D eigenvalue weighted by molar-refractivity contribution is 5.30. The van der Waals surface area contributed by atoms with Crippen LogP contribution in [0.4, 0.5) is 0 Å². The number of benzene rings is 2. The third kappa shape index (κ3) is 6.35. The van der Waals surface area contributed by atoms with Gasteiger partial charge in [-0.05, 0) is 88.0 Å². The van der Waals surface area contributed by atoms with Crippen LogP contribution in [-0.2, 0) is 19.3 Å². The molecule has 2 rings (SSSR count). The van der Waals surface area contributed by atoms with Crippen LogP contribution in [0.1, 0.15) is 60.4 Å². The van der Waals surface area contributed by atoms with Crippen molar-refractivity contribution in [1.82, 2.24) is 0 Å². The van der Waals surface area contributed by atoms with Crippen molar-refractivity contribution in [1.29, 1.82) is 0 Å². The van der Waals surface area contributed by atoms with E-state index in [4.69, 9.17) is 0 Å². The van der Waals surface area contributed by atoms with E-state index in [2.05, 4.69) is 69.8 Å². The molecule has 0 heteroatoms. The molecule has 0 aliphatic rings. The fourth-order valence-electron chi connectivity index (χ4n) is 3.24. The predicted octanol–water partition coefficient (Wildman–Crippen LogP) is 6.77. The Bertz CT molecular complexity index is 646. The van der Waals surface area contributed by atoms with E-state index < -0.39 is 0 Å². The van der Waals surface area contributed by atoms with Gasteiger partial charge in [-0.2, -0.15) is 0 Å². The normalized spacial score (nSPS) is 10.8. The SMILES string of the molecule is C=C(C)CCCCc1ccc(CCCc2ccc(C)cc2C)cc1. The summed E-state index contributed by atoms with van der Waals surface area (Å²) in [5.41, 5.74) is 8.51. The summed E-state index contributed by atoms with van der Waals surface area (Å²) in [4.78, 5) is 0. The van der Waals surface area contributed by atoms with Crippen molar-refractivity contribution in [3.8, 4) is 0 Å². The van der Waals surface area contributed by atoms with Gasteiger partial charge in [0.1, 0.15) is 0 Å². The molecular formula is C24H32. The van der Waals surface area contributed by atoms with Gasteiger partial charge in [0.05, 0.1) is 0 Å². The molecule has 0 saturated heterocycles. The average molecular weight is 321 g/mol. The zero-order valence-corrected chi connectivity index (χ0v) is 15.7. The van der Waals surface area contributed by atoms with Crippen molar-refractivity contribution in [3.63, 3.8) is 0 Å². The summed E-state index contributed by atoms with van der Waals surface area (Å²) in [7, 11) is 0. The highest BCUT2D eigenvalue weighted by Crippen LogP contribution is 2.15. The summed E-state index contributed by atoms with van der Waals surface area (Å²) in [5.74, 6) is 0. The van der Waals surface area contributed by atoms with E-state index in [0.29, 0.717) is 0 Å². The minimum absolute atomic E-state index is 1.16. The van der Waals surface area contributed by atoms with E-state index in [-0.39, 0.29) is 0 Å². The molecule has 0 heterocycles. The Morgan fingerprint density at radius 2 is 1.42 bits per heavy atom. The standard InChI is InChI=1S/C24H32/c1-19(2)8-5-6-9-22-13-15-23(16-14-22)10-7-11-24-17-12-20(3)18-21(24)4/h12-18H,1,5-11H2,2-4H3. The molecule has 2 aromatic carbocycles. The molecule has 0 nitrogen and oxygen atoms in total. The molecule has 0 fully saturated rings. The highest BCUT2D eigenvalue weighted by atomic mass is 14.1. The number of aryl methyl sites for hydroxylation is 5. The molecule has 128 valence electrons. The minimum atomic E-state index is 1.16. The third-order valence-corrected chi connectivity index (χ3v) is 4.75. The predicted molar refractivity (Wildman–Crippen MR) is 107 cm³/mol. The van der Waals surface area contributed by atoms with Crippen molar-refractivity contribution in [2.45, 2.75) is 65.7 Å². The molecule has 24 heavy (non-hydrogen) atoms. The van der Waals surface area contributed by atoms with Gasteiger partial charge in [0.25, 0.3) is 0 Å². The van der Waals surface area contributed by atoms with E-state index in [1.165, 1.54) is 71.9 Å². The maximum absolute atomic E-state index is 3.97. The lowest BCUT2D eigenvalue weighted by Crippen LogP contribution is -1.94. The van der Waals surface area contributed by atoms with E-state index in [9.17, 15) is 0 Å². The first kappa shape index (κ1) is 18.5. The lowest BCUT2D eigenvalue weighted by molar-refractivity contribution is 0.730. The van der Waals surface area contributed by atoms with Crippen LogP contribution in [0.3, 0.4) is 0 Å². The van der Waals surface area contributed by atoms with E-state index in [1.807, 2.05) is 0 Å². The molecule has 0 saturated carbocycles. The second-order valence-electron chi connectivity index (χ2n) is 7.26. The van der Waals surface area contributed by atoms with Crippen LogP contribution >= 0.6 is 0 Å². The van der Waals surface area contributed by atoms with Crippen molar-refractivity contribution in [2.24, 2.45) is 0 Å². The molecule has 0 aliphatic heterocycles. The summed E-state index contributed by atoms with van der Waals surface area (Å²) in [5, 5.41) is 0. The smallest absolute Gasteiger partial charge is 0.0273 e. The second kappa shape index (κ2) is 9.47. The molecule has 0 aromatic heterocycles.